The molecule has 1 saturated heterocycles. The third-order valence-electron chi connectivity index (χ3n) is 5.15. The van der Waals surface area contributed by atoms with E-state index < -0.39 is 17.6 Å². The molecule has 2 heterocycles. The number of hydrogen-bond acceptors (Lipinski definition) is 3. The van der Waals surface area contributed by atoms with Crippen LogP contribution in [0.25, 0.3) is 0 Å². The lowest BCUT2D eigenvalue weighted by Crippen LogP contribution is -2.52. The van der Waals surface area contributed by atoms with Crippen LogP contribution in [0.1, 0.15) is 39.5 Å². The highest BCUT2D eigenvalue weighted by Crippen LogP contribution is 2.50. The summed E-state index contributed by atoms with van der Waals surface area (Å²) in [4.78, 5) is 26.9. The Morgan fingerprint density at radius 2 is 1.94 bits per heavy atom. The zero-order chi connectivity index (χ0) is 13.1. The van der Waals surface area contributed by atoms with E-state index in [0.717, 1.165) is 25.8 Å². The van der Waals surface area contributed by atoms with Crippen molar-refractivity contribution in [2.75, 3.05) is 6.54 Å². The van der Waals surface area contributed by atoms with Crippen molar-refractivity contribution in [2.45, 2.75) is 51.2 Å². The molecule has 2 aliphatic heterocycles. The van der Waals surface area contributed by atoms with Crippen LogP contribution < -0.4 is 0 Å². The molecule has 18 heavy (non-hydrogen) atoms. The predicted molar refractivity (Wildman–Crippen MR) is 65.8 cm³/mol. The van der Waals surface area contributed by atoms with E-state index in [0.29, 0.717) is 17.6 Å². The van der Waals surface area contributed by atoms with Gasteiger partial charge in [0.25, 0.3) is 0 Å². The quantitative estimate of drug-likeness (QED) is 0.698. The lowest BCUT2D eigenvalue weighted by atomic mass is 9.80. The van der Waals surface area contributed by atoms with Gasteiger partial charge in [-0.2, -0.15) is 0 Å². The largest absolute Gasteiger partial charge is 0.392 e. The molecule has 1 amide bonds. The van der Waals surface area contributed by atoms with Crippen LogP contribution in [0, 0.1) is 5.92 Å². The highest BCUT2D eigenvalue weighted by molar-refractivity contribution is 6.09. The summed E-state index contributed by atoms with van der Waals surface area (Å²) in [6.07, 6.45) is 2.59. The minimum absolute atomic E-state index is 0.00468. The van der Waals surface area contributed by atoms with Gasteiger partial charge in [-0.05, 0) is 39.5 Å². The molecule has 4 heteroatoms. The molecule has 0 aromatic carbocycles. The number of ketones is 1. The van der Waals surface area contributed by atoms with Crippen molar-refractivity contribution >= 4 is 11.7 Å². The standard InChI is InChI=1S/C14H19NO3/c1-8-9(2)13(18)15-7-3-5-14(15)6-4-10(16)11(14)12(8)17/h10-11,16H,3-7H2,1-2H3/t10-,11+,14+/m1/s1. The van der Waals surface area contributed by atoms with Crippen molar-refractivity contribution in [1.29, 1.82) is 0 Å². The molecule has 0 unspecified atom stereocenters. The number of aliphatic hydroxyl groups is 1. The molecular weight excluding hydrogens is 230 g/mol. The lowest BCUT2D eigenvalue weighted by Gasteiger charge is -2.38. The summed E-state index contributed by atoms with van der Waals surface area (Å²) in [5, 5.41) is 10.2. The minimum Gasteiger partial charge on any atom is -0.392 e. The average molecular weight is 249 g/mol. The first-order valence-corrected chi connectivity index (χ1v) is 6.71. The van der Waals surface area contributed by atoms with Gasteiger partial charge in [0, 0.05) is 17.7 Å². The number of hydrogen-bond donors (Lipinski definition) is 1. The van der Waals surface area contributed by atoms with E-state index >= 15 is 0 Å². The van der Waals surface area contributed by atoms with E-state index in [1.807, 2.05) is 4.90 Å². The van der Waals surface area contributed by atoms with E-state index in [1.165, 1.54) is 0 Å². The SMILES string of the molecule is CC1=C(C)C(=O)N2CCC[C@@]23CC[C@@H](O)[C@H]3C1=O. The number of carbonyl (C=O) groups is 2. The molecule has 0 radical (unpaired) electrons. The highest BCUT2D eigenvalue weighted by Gasteiger charge is 2.59. The van der Waals surface area contributed by atoms with Crippen LogP contribution in [0.2, 0.25) is 0 Å². The molecule has 4 nitrogen and oxygen atoms in total. The zero-order valence-corrected chi connectivity index (χ0v) is 10.9. The maximum Gasteiger partial charge on any atom is 0.250 e. The molecule has 1 spiro atoms. The molecule has 0 aromatic heterocycles. The van der Waals surface area contributed by atoms with Gasteiger partial charge in [0.2, 0.25) is 5.91 Å². The molecule has 98 valence electrons. The predicted octanol–water partition coefficient (Wildman–Crippen LogP) is 1.04. The summed E-state index contributed by atoms with van der Waals surface area (Å²) in [5.41, 5.74) is 0.703. The first kappa shape index (κ1) is 11.9. The lowest BCUT2D eigenvalue weighted by molar-refractivity contribution is -0.134. The van der Waals surface area contributed by atoms with Gasteiger partial charge in [0.05, 0.1) is 17.6 Å². The fourth-order valence-electron chi connectivity index (χ4n) is 4.07. The number of amides is 1. The molecular formula is C14H19NO3. The van der Waals surface area contributed by atoms with E-state index in [-0.39, 0.29) is 11.7 Å². The van der Waals surface area contributed by atoms with Gasteiger partial charge in [0.15, 0.2) is 5.78 Å². The number of Topliss-reactive ketones (excluding diaryl/α,β-unsaturated/α-hetero) is 1. The van der Waals surface area contributed by atoms with Crippen molar-refractivity contribution in [2.24, 2.45) is 5.92 Å². The number of nitrogens with zero attached hydrogens (tertiary/aromatic N) is 1. The fraction of sp³-hybridized carbons (Fsp3) is 0.714. The summed E-state index contributed by atoms with van der Waals surface area (Å²) in [7, 11) is 0. The van der Waals surface area contributed by atoms with Crippen molar-refractivity contribution in [3.8, 4) is 0 Å². The maximum atomic E-state index is 12.5. The van der Waals surface area contributed by atoms with Crippen LogP contribution in [-0.2, 0) is 9.59 Å². The van der Waals surface area contributed by atoms with Crippen molar-refractivity contribution < 1.29 is 14.7 Å². The number of rotatable bonds is 0. The van der Waals surface area contributed by atoms with Crippen molar-refractivity contribution in [1.82, 2.24) is 4.90 Å². The fourth-order valence-corrected chi connectivity index (χ4v) is 4.07. The molecule has 0 aromatic rings. The van der Waals surface area contributed by atoms with Crippen LogP contribution in [0.3, 0.4) is 0 Å². The Kier molecular flexibility index (Phi) is 2.43. The Bertz CT molecular complexity index is 468. The van der Waals surface area contributed by atoms with Gasteiger partial charge in [0.1, 0.15) is 0 Å². The summed E-state index contributed by atoms with van der Waals surface area (Å²) >= 11 is 0. The molecule has 3 rings (SSSR count). The Hall–Kier alpha value is -1.16. The molecule has 3 aliphatic rings. The van der Waals surface area contributed by atoms with Gasteiger partial charge in [-0.25, -0.2) is 0 Å². The van der Waals surface area contributed by atoms with Crippen LogP contribution in [-0.4, -0.2) is 39.9 Å². The number of aliphatic hydroxyl groups excluding tert-OH is 1. The van der Waals surface area contributed by atoms with Gasteiger partial charge < -0.3 is 10.0 Å². The van der Waals surface area contributed by atoms with Gasteiger partial charge in [-0.1, -0.05) is 0 Å². The van der Waals surface area contributed by atoms with Crippen LogP contribution in [0.4, 0.5) is 0 Å². The summed E-state index contributed by atoms with van der Waals surface area (Å²) in [6.45, 7) is 4.17. The number of carbonyl (C=O) groups excluding carboxylic acids is 2. The van der Waals surface area contributed by atoms with Gasteiger partial charge in [-0.3, -0.25) is 9.59 Å². The molecule has 2 fully saturated rings. The number of allylic oxidation sites excluding steroid dienone is 1. The third kappa shape index (κ3) is 1.24. The van der Waals surface area contributed by atoms with Crippen LogP contribution in [0.15, 0.2) is 11.1 Å². The maximum absolute atomic E-state index is 12.5. The molecule has 1 aliphatic carbocycles. The topological polar surface area (TPSA) is 57.6 Å². The van der Waals surface area contributed by atoms with E-state index in [4.69, 9.17) is 0 Å². The van der Waals surface area contributed by atoms with E-state index in [2.05, 4.69) is 0 Å². The van der Waals surface area contributed by atoms with Gasteiger partial charge in [-0.15, -0.1) is 0 Å². The zero-order valence-electron chi connectivity index (χ0n) is 10.9. The molecule has 0 bridgehead atoms. The second kappa shape index (κ2) is 3.67. The van der Waals surface area contributed by atoms with Crippen molar-refractivity contribution in [3.63, 3.8) is 0 Å². The Balaban J connectivity index is 2.18. The van der Waals surface area contributed by atoms with E-state index in [9.17, 15) is 14.7 Å². The van der Waals surface area contributed by atoms with Crippen LogP contribution >= 0.6 is 0 Å². The second-order valence-electron chi connectivity index (χ2n) is 5.86. The van der Waals surface area contributed by atoms with Crippen molar-refractivity contribution in [3.05, 3.63) is 11.1 Å². The van der Waals surface area contributed by atoms with Gasteiger partial charge >= 0.3 is 0 Å². The first-order valence-electron chi connectivity index (χ1n) is 6.71. The smallest absolute Gasteiger partial charge is 0.250 e. The minimum atomic E-state index is -0.591. The Morgan fingerprint density at radius 3 is 2.67 bits per heavy atom. The van der Waals surface area contributed by atoms with E-state index in [1.54, 1.807) is 13.8 Å². The summed E-state index contributed by atoms with van der Waals surface area (Å²) in [6, 6.07) is 0. The average Bonchev–Trinajstić information content (AvgIpc) is 2.90. The molecule has 1 saturated carbocycles. The normalized spacial score (nSPS) is 40.1. The van der Waals surface area contributed by atoms with Crippen LogP contribution in [0.5, 0.6) is 0 Å². The Labute approximate surface area is 107 Å². The first-order chi connectivity index (χ1) is 8.49. The second-order valence-corrected chi connectivity index (χ2v) is 5.86. The summed E-state index contributed by atoms with van der Waals surface area (Å²) < 4.78 is 0. The molecule has 1 N–H and O–H groups in total. The monoisotopic (exact) mass is 249 g/mol. The molecule has 3 atom stereocenters. The summed E-state index contributed by atoms with van der Waals surface area (Å²) in [5.74, 6) is -0.424. The Morgan fingerprint density at radius 1 is 1.22 bits per heavy atom. The third-order valence-corrected chi connectivity index (χ3v) is 5.15. The highest BCUT2D eigenvalue weighted by atomic mass is 16.3.